The lowest BCUT2D eigenvalue weighted by Gasteiger charge is -2.08. The van der Waals surface area contributed by atoms with Crippen LogP contribution in [0.2, 0.25) is 0 Å². The maximum Gasteiger partial charge on any atom is 0.573 e. The smallest absolute Gasteiger partial charge is 0.404 e. The van der Waals surface area contributed by atoms with Gasteiger partial charge in [-0.25, -0.2) is 4.98 Å². The van der Waals surface area contributed by atoms with Crippen molar-refractivity contribution in [2.75, 3.05) is 0 Å². The van der Waals surface area contributed by atoms with E-state index in [1.807, 2.05) is 0 Å². The van der Waals surface area contributed by atoms with Crippen LogP contribution in [0, 0.1) is 10.1 Å². The van der Waals surface area contributed by atoms with Crippen molar-refractivity contribution in [1.82, 2.24) is 4.98 Å². The van der Waals surface area contributed by atoms with Gasteiger partial charge in [0.15, 0.2) is 5.75 Å². The lowest BCUT2D eigenvalue weighted by molar-refractivity contribution is -0.386. The van der Waals surface area contributed by atoms with Crippen LogP contribution in [0.4, 0.5) is 18.9 Å². The fraction of sp³-hybridized carbons (Fsp3) is 0.286. The van der Waals surface area contributed by atoms with Gasteiger partial charge in [-0.3, -0.25) is 10.1 Å². The highest BCUT2D eigenvalue weighted by Gasteiger charge is 2.32. The van der Waals surface area contributed by atoms with E-state index in [1.54, 1.807) is 0 Å². The van der Waals surface area contributed by atoms with Crippen molar-refractivity contribution >= 4 is 5.69 Å². The monoisotopic (exact) mass is 237 g/mol. The molecular weight excluding hydrogens is 231 g/mol. The van der Waals surface area contributed by atoms with Gasteiger partial charge in [0.2, 0.25) is 0 Å². The highest BCUT2D eigenvalue weighted by Crippen LogP contribution is 2.26. The average molecular weight is 237 g/mol. The Labute approximate surface area is 87.0 Å². The van der Waals surface area contributed by atoms with Crippen LogP contribution >= 0.6 is 0 Å². The predicted octanol–water partition coefficient (Wildman–Crippen LogP) is 1.35. The van der Waals surface area contributed by atoms with Gasteiger partial charge in [0.1, 0.15) is 5.69 Å². The molecule has 0 fully saturated rings. The number of nitrogens with zero attached hydrogens (tertiary/aromatic N) is 2. The van der Waals surface area contributed by atoms with E-state index >= 15 is 0 Å². The van der Waals surface area contributed by atoms with Gasteiger partial charge in [-0.2, -0.15) is 0 Å². The van der Waals surface area contributed by atoms with Gasteiger partial charge in [0.05, 0.1) is 17.2 Å². The van der Waals surface area contributed by atoms with E-state index in [4.69, 9.17) is 5.73 Å². The number of halogens is 3. The second-order valence-electron chi connectivity index (χ2n) is 2.65. The largest absolute Gasteiger partial charge is 0.573 e. The zero-order valence-electron chi connectivity index (χ0n) is 7.69. The summed E-state index contributed by atoms with van der Waals surface area (Å²) in [6.45, 7) is -0.247. The molecule has 9 heteroatoms. The molecule has 0 saturated heterocycles. The number of nitro groups is 1. The number of alkyl halides is 3. The number of hydrogen-bond donors (Lipinski definition) is 1. The Morgan fingerprint density at radius 2 is 2.19 bits per heavy atom. The van der Waals surface area contributed by atoms with Crippen LogP contribution in [0.3, 0.4) is 0 Å². The summed E-state index contributed by atoms with van der Waals surface area (Å²) >= 11 is 0. The quantitative estimate of drug-likeness (QED) is 0.632. The van der Waals surface area contributed by atoms with E-state index in [0.717, 1.165) is 6.20 Å². The van der Waals surface area contributed by atoms with E-state index in [2.05, 4.69) is 9.72 Å². The van der Waals surface area contributed by atoms with E-state index < -0.39 is 22.7 Å². The van der Waals surface area contributed by atoms with Crippen molar-refractivity contribution in [3.63, 3.8) is 0 Å². The Morgan fingerprint density at radius 1 is 1.56 bits per heavy atom. The third-order valence-corrected chi connectivity index (χ3v) is 1.55. The van der Waals surface area contributed by atoms with Crippen LogP contribution < -0.4 is 10.5 Å². The van der Waals surface area contributed by atoms with Gasteiger partial charge in [-0.1, -0.05) is 0 Å². The van der Waals surface area contributed by atoms with Crippen LogP contribution in [-0.2, 0) is 6.54 Å². The van der Waals surface area contributed by atoms with Crippen LogP contribution in [0.25, 0.3) is 0 Å². The Kier molecular flexibility index (Phi) is 3.28. The Hall–Kier alpha value is -1.90. The maximum atomic E-state index is 11.8. The number of hydrogen-bond acceptors (Lipinski definition) is 5. The molecule has 88 valence electrons. The fourth-order valence-corrected chi connectivity index (χ4v) is 0.968. The predicted molar refractivity (Wildman–Crippen MR) is 45.5 cm³/mol. The van der Waals surface area contributed by atoms with Crippen molar-refractivity contribution in [3.05, 3.63) is 28.1 Å². The molecule has 1 aromatic rings. The van der Waals surface area contributed by atoms with Crippen molar-refractivity contribution in [1.29, 1.82) is 0 Å². The number of aromatic nitrogens is 1. The molecule has 0 bridgehead atoms. The molecule has 16 heavy (non-hydrogen) atoms. The summed E-state index contributed by atoms with van der Waals surface area (Å²) in [4.78, 5) is 13.0. The van der Waals surface area contributed by atoms with E-state index in [0.29, 0.717) is 6.07 Å². The molecule has 1 heterocycles. The summed E-state index contributed by atoms with van der Waals surface area (Å²) in [5, 5.41) is 10.5. The Morgan fingerprint density at radius 3 is 2.62 bits per heavy atom. The summed E-state index contributed by atoms with van der Waals surface area (Å²) in [5.41, 5.74) is 4.42. The van der Waals surface area contributed by atoms with Gasteiger partial charge in [-0.15, -0.1) is 13.2 Å². The molecule has 1 aromatic heterocycles. The van der Waals surface area contributed by atoms with Crippen molar-refractivity contribution in [2.45, 2.75) is 12.9 Å². The van der Waals surface area contributed by atoms with Gasteiger partial charge in [0, 0.05) is 6.54 Å². The molecule has 1 rings (SSSR count). The molecule has 0 aromatic carbocycles. The molecule has 0 unspecified atom stereocenters. The van der Waals surface area contributed by atoms with Gasteiger partial charge < -0.3 is 10.5 Å². The highest BCUT2D eigenvalue weighted by molar-refractivity contribution is 5.40. The van der Waals surface area contributed by atoms with Crippen LogP contribution in [-0.4, -0.2) is 16.3 Å². The first-order chi connectivity index (χ1) is 7.33. The third-order valence-electron chi connectivity index (χ3n) is 1.55. The standard InChI is InChI=1S/C7H6F3N3O3/c8-7(9,10)16-4-1-6(13(14)15)5(2-11)12-3-4/h1,3H,2,11H2. The minimum Gasteiger partial charge on any atom is -0.404 e. The number of nitrogens with two attached hydrogens (primary N) is 1. The summed E-state index contributed by atoms with van der Waals surface area (Å²) in [5.74, 6) is -0.753. The van der Waals surface area contributed by atoms with Gasteiger partial charge in [0.25, 0.3) is 5.69 Å². The van der Waals surface area contributed by atoms with Crippen LogP contribution in [0.5, 0.6) is 5.75 Å². The molecule has 2 N–H and O–H groups in total. The highest BCUT2D eigenvalue weighted by atomic mass is 19.4. The van der Waals surface area contributed by atoms with E-state index in [-0.39, 0.29) is 12.2 Å². The maximum absolute atomic E-state index is 11.8. The lowest BCUT2D eigenvalue weighted by Crippen LogP contribution is -2.17. The summed E-state index contributed by atoms with van der Waals surface area (Å²) < 4.78 is 38.9. The molecule has 0 aliphatic heterocycles. The molecule has 0 radical (unpaired) electrons. The molecule has 0 spiro atoms. The molecular formula is C7H6F3N3O3. The SMILES string of the molecule is NCc1ncc(OC(F)(F)F)cc1[N+](=O)[O-]. The second kappa shape index (κ2) is 4.31. The molecule has 0 amide bonds. The normalized spacial score (nSPS) is 11.2. The zero-order valence-corrected chi connectivity index (χ0v) is 7.69. The molecule has 0 aliphatic carbocycles. The van der Waals surface area contributed by atoms with E-state index in [1.165, 1.54) is 0 Å². The van der Waals surface area contributed by atoms with Gasteiger partial charge in [-0.05, 0) is 0 Å². The summed E-state index contributed by atoms with van der Waals surface area (Å²) in [6, 6.07) is 0.628. The van der Waals surface area contributed by atoms with Crippen molar-refractivity contribution in [2.24, 2.45) is 5.73 Å². The topological polar surface area (TPSA) is 91.3 Å². The molecule has 0 aliphatic rings. The van der Waals surface area contributed by atoms with E-state index in [9.17, 15) is 23.3 Å². The summed E-state index contributed by atoms with van der Waals surface area (Å²) in [6.07, 6.45) is -4.19. The van der Waals surface area contributed by atoms with Gasteiger partial charge >= 0.3 is 6.36 Å². The third kappa shape index (κ3) is 3.05. The Bertz CT molecular complexity index is 408. The molecule has 0 atom stereocenters. The average Bonchev–Trinajstić information content (AvgIpc) is 2.15. The first-order valence-electron chi connectivity index (χ1n) is 3.92. The number of pyridine rings is 1. The minimum atomic E-state index is -4.92. The first-order valence-corrected chi connectivity index (χ1v) is 3.92. The molecule has 0 saturated carbocycles. The first kappa shape index (κ1) is 12.2. The molecule has 6 nitrogen and oxygen atoms in total. The zero-order chi connectivity index (χ0) is 12.3. The van der Waals surface area contributed by atoms with Crippen molar-refractivity contribution in [3.8, 4) is 5.75 Å². The summed E-state index contributed by atoms with van der Waals surface area (Å²) in [7, 11) is 0. The fourth-order valence-electron chi connectivity index (χ4n) is 0.968. The number of ether oxygens (including phenoxy) is 1. The Balaban J connectivity index is 3.07. The van der Waals surface area contributed by atoms with Crippen LogP contribution in [0.15, 0.2) is 12.3 Å². The second-order valence-corrected chi connectivity index (χ2v) is 2.65. The minimum absolute atomic E-state index is 0.112. The van der Waals surface area contributed by atoms with Crippen molar-refractivity contribution < 1.29 is 22.8 Å². The lowest BCUT2D eigenvalue weighted by atomic mass is 10.3. The van der Waals surface area contributed by atoms with Crippen LogP contribution in [0.1, 0.15) is 5.69 Å². The number of rotatable bonds is 3.